The Hall–Kier alpha value is -0.660. The molecule has 1 aromatic heterocycles. The lowest BCUT2D eigenvalue weighted by atomic mass is 10.2. The fourth-order valence-corrected chi connectivity index (χ4v) is 4.07. The highest BCUT2D eigenvalue weighted by molar-refractivity contribution is 7.93. The van der Waals surface area contributed by atoms with Gasteiger partial charge in [-0.15, -0.1) is 11.3 Å². The maximum Gasteiger partial charge on any atom is 0.239 e. The number of aryl methyl sites for hydroxylation is 2. The highest BCUT2D eigenvalue weighted by Gasteiger charge is 2.28. The van der Waals surface area contributed by atoms with Crippen LogP contribution in [0.15, 0.2) is 0 Å². The van der Waals surface area contributed by atoms with Crippen LogP contribution in [0.2, 0.25) is 0 Å². The molecule has 0 aromatic carbocycles. The Morgan fingerprint density at radius 3 is 2.76 bits per heavy atom. The highest BCUT2D eigenvalue weighted by atomic mass is 32.2. The smallest absolute Gasteiger partial charge is 0.239 e. The lowest BCUT2D eigenvalue weighted by Crippen LogP contribution is -2.35. The molecule has 0 bridgehead atoms. The molecule has 96 valence electrons. The minimum atomic E-state index is -3.37. The van der Waals surface area contributed by atoms with E-state index in [0.29, 0.717) is 18.2 Å². The summed E-state index contributed by atoms with van der Waals surface area (Å²) >= 11 is 1.36. The van der Waals surface area contributed by atoms with Crippen LogP contribution in [0, 0.1) is 13.8 Å². The van der Waals surface area contributed by atoms with Gasteiger partial charge in [0.05, 0.1) is 12.3 Å². The largest absolute Gasteiger partial charge is 0.380 e. The minimum Gasteiger partial charge on any atom is -0.380 e. The Kier molecular flexibility index (Phi) is 3.70. The van der Waals surface area contributed by atoms with E-state index in [-0.39, 0.29) is 6.61 Å². The van der Waals surface area contributed by atoms with Gasteiger partial charge in [0.15, 0.2) is 5.13 Å². The van der Waals surface area contributed by atoms with E-state index in [0.717, 1.165) is 17.0 Å². The van der Waals surface area contributed by atoms with Crippen LogP contribution in [0.1, 0.15) is 23.4 Å². The van der Waals surface area contributed by atoms with Crippen LogP contribution in [-0.2, 0) is 14.8 Å². The van der Waals surface area contributed by atoms with E-state index < -0.39 is 15.3 Å². The van der Waals surface area contributed by atoms with Crippen molar-refractivity contribution in [1.29, 1.82) is 0 Å². The third-order valence-electron chi connectivity index (χ3n) is 2.82. The first-order valence-corrected chi connectivity index (χ1v) is 7.89. The summed E-state index contributed by atoms with van der Waals surface area (Å²) < 4.78 is 31.9. The number of thiazole rings is 1. The number of aromatic nitrogens is 1. The molecule has 1 aromatic rings. The van der Waals surface area contributed by atoms with Gasteiger partial charge in [-0.1, -0.05) is 0 Å². The van der Waals surface area contributed by atoms with Gasteiger partial charge < -0.3 is 4.74 Å². The molecule has 0 spiro atoms. The molecule has 1 atom stereocenters. The molecule has 5 nitrogen and oxygen atoms in total. The van der Waals surface area contributed by atoms with Gasteiger partial charge >= 0.3 is 0 Å². The fourth-order valence-electron chi connectivity index (χ4n) is 1.68. The van der Waals surface area contributed by atoms with Crippen molar-refractivity contribution in [3.8, 4) is 0 Å². The second kappa shape index (κ2) is 4.91. The van der Waals surface area contributed by atoms with Gasteiger partial charge in [-0.3, -0.25) is 4.72 Å². The third kappa shape index (κ3) is 2.97. The molecule has 1 saturated heterocycles. The van der Waals surface area contributed by atoms with Crippen molar-refractivity contribution in [2.24, 2.45) is 0 Å². The Labute approximate surface area is 105 Å². The molecule has 1 aliphatic rings. The number of anilines is 1. The average molecular weight is 276 g/mol. The first-order valence-electron chi connectivity index (χ1n) is 5.52. The molecule has 1 N–H and O–H groups in total. The summed E-state index contributed by atoms with van der Waals surface area (Å²) in [6.07, 6.45) is 1.44. The average Bonchev–Trinajstić information content (AvgIpc) is 2.58. The van der Waals surface area contributed by atoms with Gasteiger partial charge in [0.2, 0.25) is 10.0 Å². The van der Waals surface area contributed by atoms with Crippen LogP contribution in [-0.4, -0.2) is 31.9 Å². The van der Waals surface area contributed by atoms with Crippen LogP contribution in [0.3, 0.4) is 0 Å². The van der Waals surface area contributed by atoms with Crippen LogP contribution in [0.4, 0.5) is 5.13 Å². The topological polar surface area (TPSA) is 68.3 Å². The standard InChI is InChI=1S/C10H16N2O3S2/c1-7-8(2)16-10(11-7)12-17(13,14)9-4-3-5-15-6-9/h9H,3-6H2,1-2H3,(H,11,12)/t9-/m0/s1. The predicted octanol–water partition coefficient (Wildman–Crippen LogP) is 1.68. The van der Waals surface area contributed by atoms with E-state index >= 15 is 0 Å². The SMILES string of the molecule is Cc1nc(NS(=O)(=O)[C@H]2CCCOC2)sc1C. The molecule has 2 heterocycles. The van der Waals surface area contributed by atoms with Crippen LogP contribution in [0.25, 0.3) is 0 Å². The summed E-state index contributed by atoms with van der Waals surface area (Å²) in [4.78, 5) is 5.21. The normalized spacial score (nSPS) is 21.4. The monoisotopic (exact) mass is 276 g/mol. The first-order chi connectivity index (χ1) is 7.99. The number of rotatable bonds is 3. The lowest BCUT2D eigenvalue weighted by Gasteiger charge is -2.21. The number of nitrogens with zero attached hydrogens (tertiary/aromatic N) is 1. The van der Waals surface area contributed by atoms with Crippen molar-refractivity contribution in [3.63, 3.8) is 0 Å². The maximum atomic E-state index is 12.1. The number of sulfonamides is 1. The fraction of sp³-hybridized carbons (Fsp3) is 0.700. The number of nitrogens with one attached hydrogen (secondary N) is 1. The zero-order chi connectivity index (χ0) is 12.5. The quantitative estimate of drug-likeness (QED) is 0.912. The number of hydrogen-bond acceptors (Lipinski definition) is 5. The van der Waals surface area contributed by atoms with E-state index in [9.17, 15) is 8.42 Å². The van der Waals surface area contributed by atoms with Crippen molar-refractivity contribution in [2.45, 2.75) is 31.9 Å². The van der Waals surface area contributed by atoms with E-state index in [1.807, 2.05) is 13.8 Å². The van der Waals surface area contributed by atoms with Crippen LogP contribution < -0.4 is 4.72 Å². The molecule has 1 fully saturated rings. The Morgan fingerprint density at radius 1 is 1.47 bits per heavy atom. The second-order valence-corrected chi connectivity index (χ2v) is 7.31. The van der Waals surface area contributed by atoms with Gasteiger partial charge in [-0.05, 0) is 26.7 Å². The zero-order valence-electron chi connectivity index (χ0n) is 9.89. The summed E-state index contributed by atoms with van der Waals surface area (Å²) in [7, 11) is -3.37. The van der Waals surface area contributed by atoms with E-state index in [4.69, 9.17) is 4.74 Å². The van der Waals surface area contributed by atoms with E-state index in [1.165, 1.54) is 11.3 Å². The number of ether oxygens (including phenoxy) is 1. The van der Waals surface area contributed by atoms with Crippen molar-refractivity contribution in [2.75, 3.05) is 17.9 Å². The van der Waals surface area contributed by atoms with Crippen molar-refractivity contribution in [1.82, 2.24) is 4.98 Å². The summed E-state index contributed by atoms with van der Waals surface area (Å²) in [6.45, 7) is 4.72. The molecule has 17 heavy (non-hydrogen) atoms. The summed E-state index contributed by atoms with van der Waals surface area (Å²) in [5.74, 6) is 0. The zero-order valence-corrected chi connectivity index (χ0v) is 11.5. The summed E-state index contributed by atoms with van der Waals surface area (Å²) in [5.41, 5.74) is 0.868. The van der Waals surface area contributed by atoms with Crippen molar-refractivity contribution in [3.05, 3.63) is 10.6 Å². The maximum absolute atomic E-state index is 12.1. The Balaban J connectivity index is 2.11. The molecular formula is C10H16N2O3S2. The Morgan fingerprint density at radius 2 is 2.24 bits per heavy atom. The molecule has 0 aliphatic carbocycles. The molecule has 2 rings (SSSR count). The molecule has 0 saturated carbocycles. The highest BCUT2D eigenvalue weighted by Crippen LogP contribution is 2.24. The van der Waals surface area contributed by atoms with Gasteiger partial charge in [0.25, 0.3) is 0 Å². The van der Waals surface area contributed by atoms with E-state index in [2.05, 4.69) is 9.71 Å². The van der Waals surface area contributed by atoms with Crippen molar-refractivity contribution < 1.29 is 13.2 Å². The molecular weight excluding hydrogens is 260 g/mol. The molecule has 0 unspecified atom stereocenters. The van der Waals surface area contributed by atoms with E-state index in [1.54, 1.807) is 0 Å². The summed E-state index contributed by atoms with van der Waals surface area (Å²) in [6, 6.07) is 0. The second-order valence-electron chi connectivity index (χ2n) is 4.15. The van der Waals surface area contributed by atoms with Crippen molar-refractivity contribution >= 4 is 26.5 Å². The molecule has 1 aliphatic heterocycles. The van der Waals surface area contributed by atoms with Gasteiger partial charge in [-0.25, -0.2) is 13.4 Å². The Bertz CT molecular complexity index is 470. The summed E-state index contributed by atoms with van der Waals surface area (Å²) in [5, 5.41) is -0.00802. The number of hydrogen-bond donors (Lipinski definition) is 1. The molecule has 0 amide bonds. The third-order valence-corrected chi connectivity index (χ3v) is 5.66. The minimum absolute atomic E-state index is 0.276. The predicted molar refractivity (Wildman–Crippen MR) is 68.0 cm³/mol. The first kappa shape index (κ1) is 12.8. The molecule has 7 heteroatoms. The van der Waals surface area contributed by atoms with Gasteiger partial charge in [-0.2, -0.15) is 0 Å². The van der Waals surface area contributed by atoms with Crippen LogP contribution >= 0.6 is 11.3 Å². The molecule has 0 radical (unpaired) electrons. The lowest BCUT2D eigenvalue weighted by molar-refractivity contribution is 0.0992. The van der Waals surface area contributed by atoms with Gasteiger partial charge in [0, 0.05) is 11.5 Å². The van der Waals surface area contributed by atoms with Crippen LogP contribution in [0.5, 0.6) is 0 Å². The van der Waals surface area contributed by atoms with Gasteiger partial charge in [0.1, 0.15) is 5.25 Å².